The van der Waals surface area contributed by atoms with Crippen LogP contribution in [-0.2, 0) is 0 Å². The Morgan fingerprint density at radius 3 is 2.82 bits per heavy atom. The lowest BCUT2D eigenvalue weighted by Crippen LogP contribution is -2.27. The van der Waals surface area contributed by atoms with Gasteiger partial charge in [0.1, 0.15) is 11.8 Å². The van der Waals surface area contributed by atoms with E-state index >= 15 is 0 Å². The van der Waals surface area contributed by atoms with Gasteiger partial charge in [0.05, 0.1) is 5.56 Å². The van der Waals surface area contributed by atoms with E-state index in [1.165, 1.54) is 12.3 Å². The van der Waals surface area contributed by atoms with Gasteiger partial charge in [0.25, 0.3) is 5.91 Å². The Labute approximate surface area is 101 Å². The number of nitriles is 1. The molecule has 17 heavy (non-hydrogen) atoms. The van der Waals surface area contributed by atoms with E-state index in [1.54, 1.807) is 6.07 Å². The summed E-state index contributed by atoms with van der Waals surface area (Å²) in [4.78, 5) is 17.6. The number of pyridine rings is 1. The van der Waals surface area contributed by atoms with Gasteiger partial charge in [0.15, 0.2) is 0 Å². The second kappa shape index (κ2) is 6.61. The van der Waals surface area contributed by atoms with Crippen molar-refractivity contribution in [2.45, 2.75) is 6.42 Å². The average Bonchev–Trinajstić information content (AvgIpc) is 2.34. The smallest absolute Gasteiger partial charge is 0.252 e. The van der Waals surface area contributed by atoms with E-state index in [2.05, 4.69) is 15.2 Å². The summed E-state index contributed by atoms with van der Waals surface area (Å²) in [5.74, 6) is -0.152. The van der Waals surface area contributed by atoms with Gasteiger partial charge in [-0.1, -0.05) is 0 Å². The normalized spacial score (nSPS) is 10.0. The van der Waals surface area contributed by atoms with E-state index in [9.17, 15) is 4.79 Å². The fraction of sp³-hybridized carbons (Fsp3) is 0.417. The Hall–Kier alpha value is -1.93. The number of rotatable bonds is 5. The third-order valence-electron chi connectivity index (χ3n) is 2.21. The molecule has 0 unspecified atom stereocenters. The minimum atomic E-state index is -0.152. The van der Waals surface area contributed by atoms with Crippen LogP contribution in [0.25, 0.3) is 0 Å². The van der Waals surface area contributed by atoms with Gasteiger partial charge in [0, 0.05) is 12.7 Å². The van der Waals surface area contributed by atoms with Crippen LogP contribution in [0.4, 0.5) is 0 Å². The van der Waals surface area contributed by atoms with Crippen molar-refractivity contribution in [1.82, 2.24) is 15.2 Å². The van der Waals surface area contributed by atoms with Crippen LogP contribution in [-0.4, -0.2) is 43.0 Å². The number of hydrogen-bond donors (Lipinski definition) is 1. The maximum Gasteiger partial charge on any atom is 0.252 e. The summed E-state index contributed by atoms with van der Waals surface area (Å²) in [6, 6.07) is 5.05. The number of aromatic nitrogens is 1. The van der Waals surface area contributed by atoms with Crippen molar-refractivity contribution in [2.75, 3.05) is 27.2 Å². The summed E-state index contributed by atoms with van der Waals surface area (Å²) in [5.41, 5.74) is 0.794. The summed E-state index contributed by atoms with van der Waals surface area (Å²) < 4.78 is 0. The Morgan fingerprint density at radius 2 is 2.29 bits per heavy atom. The van der Waals surface area contributed by atoms with Crippen LogP contribution in [0.1, 0.15) is 22.5 Å². The first-order valence-electron chi connectivity index (χ1n) is 5.42. The molecule has 0 bridgehead atoms. The molecule has 0 aliphatic heterocycles. The third-order valence-corrected chi connectivity index (χ3v) is 2.21. The highest BCUT2D eigenvalue weighted by molar-refractivity contribution is 5.93. The molecule has 0 aliphatic carbocycles. The fourth-order valence-electron chi connectivity index (χ4n) is 1.29. The molecule has 0 saturated carbocycles. The standard InChI is InChI=1S/C12H16N4O/c1-16(2)7-3-6-14-12(17)10-4-5-11(8-13)15-9-10/h4-5,9H,3,6-7H2,1-2H3,(H,14,17). The average molecular weight is 232 g/mol. The fourth-order valence-corrected chi connectivity index (χ4v) is 1.29. The quantitative estimate of drug-likeness (QED) is 0.756. The molecule has 0 spiro atoms. The monoisotopic (exact) mass is 232 g/mol. The van der Waals surface area contributed by atoms with Crippen LogP contribution in [0.5, 0.6) is 0 Å². The number of amides is 1. The lowest BCUT2D eigenvalue weighted by Gasteiger charge is -2.09. The van der Waals surface area contributed by atoms with E-state index in [-0.39, 0.29) is 5.91 Å². The molecule has 0 aromatic carbocycles. The van der Waals surface area contributed by atoms with Crippen molar-refractivity contribution in [3.63, 3.8) is 0 Å². The zero-order chi connectivity index (χ0) is 12.7. The first-order chi connectivity index (χ1) is 8.13. The van der Waals surface area contributed by atoms with E-state index in [0.717, 1.165) is 13.0 Å². The molecule has 5 nitrogen and oxygen atoms in total. The van der Waals surface area contributed by atoms with Crippen LogP contribution in [0, 0.1) is 11.3 Å². The van der Waals surface area contributed by atoms with E-state index in [0.29, 0.717) is 17.8 Å². The van der Waals surface area contributed by atoms with E-state index in [4.69, 9.17) is 5.26 Å². The lowest BCUT2D eigenvalue weighted by molar-refractivity contribution is 0.0952. The first-order valence-corrected chi connectivity index (χ1v) is 5.42. The van der Waals surface area contributed by atoms with Crippen molar-refractivity contribution in [3.05, 3.63) is 29.6 Å². The van der Waals surface area contributed by atoms with Gasteiger partial charge in [-0.2, -0.15) is 5.26 Å². The Balaban J connectivity index is 2.39. The van der Waals surface area contributed by atoms with Crippen LogP contribution in [0.15, 0.2) is 18.3 Å². The molecule has 1 aromatic rings. The Kier molecular flexibility index (Phi) is 5.11. The topological polar surface area (TPSA) is 69.0 Å². The summed E-state index contributed by atoms with van der Waals surface area (Å²) in [6.07, 6.45) is 2.32. The number of carbonyl (C=O) groups excluding carboxylic acids is 1. The van der Waals surface area contributed by atoms with E-state index < -0.39 is 0 Å². The zero-order valence-electron chi connectivity index (χ0n) is 10.1. The van der Waals surface area contributed by atoms with Gasteiger partial charge in [-0.25, -0.2) is 4.98 Å². The molecule has 1 heterocycles. The molecule has 5 heteroatoms. The summed E-state index contributed by atoms with van der Waals surface area (Å²) >= 11 is 0. The lowest BCUT2D eigenvalue weighted by atomic mass is 10.2. The predicted octanol–water partition coefficient (Wildman–Crippen LogP) is 0.635. The van der Waals surface area contributed by atoms with Gasteiger partial charge in [0.2, 0.25) is 0 Å². The molecular weight excluding hydrogens is 216 g/mol. The highest BCUT2D eigenvalue weighted by Gasteiger charge is 2.05. The maximum atomic E-state index is 11.6. The molecule has 0 saturated heterocycles. The van der Waals surface area contributed by atoms with Crippen molar-refractivity contribution in [1.29, 1.82) is 5.26 Å². The van der Waals surface area contributed by atoms with Crippen molar-refractivity contribution < 1.29 is 4.79 Å². The summed E-state index contributed by atoms with van der Waals surface area (Å²) in [7, 11) is 3.98. The number of nitrogens with one attached hydrogen (secondary N) is 1. The minimum Gasteiger partial charge on any atom is -0.352 e. The highest BCUT2D eigenvalue weighted by atomic mass is 16.1. The number of carbonyl (C=O) groups is 1. The second-order valence-electron chi connectivity index (χ2n) is 3.96. The molecule has 0 radical (unpaired) electrons. The van der Waals surface area contributed by atoms with Crippen LogP contribution < -0.4 is 5.32 Å². The molecule has 1 amide bonds. The van der Waals surface area contributed by atoms with Crippen LogP contribution in [0.3, 0.4) is 0 Å². The maximum absolute atomic E-state index is 11.6. The zero-order valence-corrected chi connectivity index (χ0v) is 10.1. The number of hydrogen-bond acceptors (Lipinski definition) is 4. The summed E-state index contributed by atoms with van der Waals surface area (Å²) in [5, 5.41) is 11.4. The van der Waals surface area contributed by atoms with Crippen molar-refractivity contribution in [3.8, 4) is 6.07 Å². The molecule has 1 rings (SSSR count). The molecule has 0 fully saturated rings. The van der Waals surface area contributed by atoms with Crippen molar-refractivity contribution in [2.24, 2.45) is 0 Å². The van der Waals surface area contributed by atoms with Crippen LogP contribution in [0.2, 0.25) is 0 Å². The summed E-state index contributed by atoms with van der Waals surface area (Å²) in [6.45, 7) is 1.57. The van der Waals surface area contributed by atoms with Gasteiger partial charge < -0.3 is 10.2 Å². The second-order valence-corrected chi connectivity index (χ2v) is 3.96. The van der Waals surface area contributed by atoms with Crippen molar-refractivity contribution >= 4 is 5.91 Å². The number of nitrogens with zero attached hydrogens (tertiary/aromatic N) is 3. The predicted molar refractivity (Wildman–Crippen MR) is 64.5 cm³/mol. The van der Waals surface area contributed by atoms with Gasteiger partial charge in [-0.15, -0.1) is 0 Å². The largest absolute Gasteiger partial charge is 0.352 e. The molecule has 0 atom stereocenters. The van der Waals surface area contributed by atoms with E-state index in [1.807, 2.05) is 20.2 Å². The SMILES string of the molecule is CN(C)CCCNC(=O)c1ccc(C#N)nc1. The van der Waals surface area contributed by atoms with Gasteiger partial charge in [-0.3, -0.25) is 4.79 Å². The van der Waals surface area contributed by atoms with Crippen LogP contribution >= 0.6 is 0 Å². The molecule has 90 valence electrons. The molecule has 1 aromatic heterocycles. The first kappa shape index (κ1) is 13.1. The Morgan fingerprint density at radius 1 is 1.53 bits per heavy atom. The molecular formula is C12H16N4O. The molecule has 1 N–H and O–H groups in total. The minimum absolute atomic E-state index is 0.152. The highest BCUT2D eigenvalue weighted by Crippen LogP contribution is 1.99. The molecule has 0 aliphatic rings. The van der Waals surface area contributed by atoms with Gasteiger partial charge >= 0.3 is 0 Å². The van der Waals surface area contributed by atoms with Gasteiger partial charge in [-0.05, 0) is 39.2 Å². The third kappa shape index (κ3) is 4.62. The Bertz CT molecular complexity index is 406.